The summed E-state index contributed by atoms with van der Waals surface area (Å²) in [5.41, 5.74) is 1.03. The summed E-state index contributed by atoms with van der Waals surface area (Å²) in [7, 11) is -3.18. The van der Waals surface area contributed by atoms with Gasteiger partial charge in [0.25, 0.3) is 0 Å². The summed E-state index contributed by atoms with van der Waals surface area (Å²) in [5.74, 6) is 1.91. The third kappa shape index (κ3) is 7.33. The summed E-state index contributed by atoms with van der Waals surface area (Å²) in [6.07, 6.45) is 4.29. The van der Waals surface area contributed by atoms with E-state index in [4.69, 9.17) is 0 Å². The molecule has 0 bridgehead atoms. The number of thioether (sulfide) groups is 1. The summed E-state index contributed by atoms with van der Waals surface area (Å²) < 4.78 is 26.4. The largest absolute Gasteiger partial charge is 0.343 e. The molecule has 6 nitrogen and oxygen atoms in total. The van der Waals surface area contributed by atoms with Crippen molar-refractivity contribution in [3.05, 3.63) is 30.1 Å². The molecule has 25 heavy (non-hydrogen) atoms. The number of nitrogens with zero attached hydrogens (tertiary/aromatic N) is 2. The minimum Gasteiger partial charge on any atom is -0.343 e. The van der Waals surface area contributed by atoms with Gasteiger partial charge in [-0.3, -0.25) is 9.78 Å². The second kappa shape index (κ2) is 10.1. The number of aromatic nitrogens is 1. The Morgan fingerprint density at radius 1 is 1.36 bits per heavy atom. The first-order valence-electron chi connectivity index (χ1n) is 8.75. The predicted octanol–water partition coefficient (Wildman–Crippen LogP) is 2.03. The summed E-state index contributed by atoms with van der Waals surface area (Å²) in [6, 6.07) is 5.80. The van der Waals surface area contributed by atoms with Crippen molar-refractivity contribution in [3.8, 4) is 0 Å². The van der Waals surface area contributed by atoms with Gasteiger partial charge in [-0.2, -0.15) is 11.8 Å². The lowest BCUT2D eigenvalue weighted by atomic mass is 10.1. The topological polar surface area (TPSA) is 79.4 Å². The summed E-state index contributed by atoms with van der Waals surface area (Å²) in [4.78, 5) is 18.4. The van der Waals surface area contributed by atoms with Crippen molar-refractivity contribution in [1.29, 1.82) is 0 Å². The average Bonchev–Trinajstić information content (AvgIpc) is 2.59. The first-order chi connectivity index (χ1) is 12.0. The SMILES string of the molecule is CCCS(=O)(=O)NC1CCN(C(=O)CCSCc2ccccn2)CC1. The number of hydrogen-bond donors (Lipinski definition) is 1. The average molecular weight is 386 g/mol. The van der Waals surface area contributed by atoms with Gasteiger partial charge in [0.1, 0.15) is 0 Å². The van der Waals surface area contributed by atoms with Gasteiger partial charge in [-0.15, -0.1) is 0 Å². The van der Waals surface area contributed by atoms with Gasteiger partial charge in [-0.05, 0) is 31.4 Å². The van der Waals surface area contributed by atoms with E-state index in [-0.39, 0.29) is 17.7 Å². The van der Waals surface area contributed by atoms with E-state index in [0.717, 1.165) is 17.2 Å². The van der Waals surface area contributed by atoms with Crippen LogP contribution in [0.3, 0.4) is 0 Å². The van der Waals surface area contributed by atoms with Gasteiger partial charge in [0, 0.05) is 43.3 Å². The number of pyridine rings is 1. The van der Waals surface area contributed by atoms with Crippen molar-refractivity contribution in [1.82, 2.24) is 14.6 Å². The number of amides is 1. The molecule has 2 rings (SSSR count). The van der Waals surface area contributed by atoms with Crippen LogP contribution in [-0.2, 0) is 20.6 Å². The maximum Gasteiger partial charge on any atom is 0.223 e. The number of carbonyl (C=O) groups is 1. The second-order valence-corrected chi connectivity index (χ2v) is 9.19. The molecule has 0 atom stereocenters. The smallest absolute Gasteiger partial charge is 0.223 e. The molecule has 1 amide bonds. The second-order valence-electron chi connectivity index (χ2n) is 6.22. The summed E-state index contributed by atoms with van der Waals surface area (Å²) in [6.45, 7) is 3.11. The van der Waals surface area contributed by atoms with Gasteiger partial charge in [0.15, 0.2) is 0 Å². The number of sulfonamides is 1. The van der Waals surface area contributed by atoms with E-state index in [0.29, 0.717) is 38.8 Å². The Morgan fingerprint density at radius 2 is 2.12 bits per heavy atom. The number of nitrogens with one attached hydrogen (secondary N) is 1. The normalized spacial score (nSPS) is 16.1. The van der Waals surface area contributed by atoms with Gasteiger partial charge in [0.2, 0.25) is 15.9 Å². The van der Waals surface area contributed by atoms with E-state index in [1.807, 2.05) is 30.0 Å². The molecule has 0 spiro atoms. The predicted molar refractivity (Wildman–Crippen MR) is 102 cm³/mol. The fourth-order valence-electron chi connectivity index (χ4n) is 2.81. The Hall–Kier alpha value is -1.12. The zero-order chi connectivity index (χ0) is 18.1. The van der Waals surface area contributed by atoms with Crippen molar-refractivity contribution in [3.63, 3.8) is 0 Å². The molecule has 1 N–H and O–H groups in total. The van der Waals surface area contributed by atoms with Crippen LogP contribution in [0.2, 0.25) is 0 Å². The van der Waals surface area contributed by atoms with Gasteiger partial charge >= 0.3 is 0 Å². The molecule has 1 fully saturated rings. The van der Waals surface area contributed by atoms with Crippen LogP contribution < -0.4 is 4.72 Å². The molecule has 1 aliphatic heterocycles. The van der Waals surface area contributed by atoms with E-state index < -0.39 is 10.0 Å². The van der Waals surface area contributed by atoms with E-state index in [1.54, 1.807) is 18.0 Å². The Kier molecular flexibility index (Phi) is 8.18. The molecule has 1 aromatic rings. The monoisotopic (exact) mass is 385 g/mol. The molecular formula is C17H27N3O3S2. The Morgan fingerprint density at radius 3 is 2.76 bits per heavy atom. The lowest BCUT2D eigenvalue weighted by molar-refractivity contribution is -0.131. The molecular weight excluding hydrogens is 358 g/mol. The molecule has 140 valence electrons. The molecule has 0 aromatic carbocycles. The Labute approximate surface area is 154 Å². The van der Waals surface area contributed by atoms with Crippen molar-refractivity contribution in [2.24, 2.45) is 0 Å². The number of carbonyl (C=O) groups excluding carboxylic acids is 1. The quantitative estimate of drug-likeness (QED) is 0.658. The van der Waals surface area contributed by atoms with Crippen molar-refractivity contribution >= 4 is 27.7 Å². The summed E-state index contributed by atoms with van der Waals surface area (Å²) >= 11 is 1.71. The highest BCUT2D eigenvalue weighted by atomic mass is 32.2. The number of hydrogen-bond acceptors (Lipinski definition) is 5. The first-order valence-corrected chi connectivity index (χ1v) is 11.6. The number of likely N-dealkylation sites (tertiary alicyclic amines) is 1. The Bertz CT molecular complexity index is 630. The van der Waals surface area contributed by atoms with Crippen molar-refractivity contribution < 1.29 is 13.2 Å². The standard InChI is InChI=1S/C17H27N3O3S2/c1-2-13-25(22,23)19-15-6-10-20(11-7-15)17(21)8-12-24-14-16-5-3-4-9-18-16/h3-5,9,15,19H,2,6-8,10-14H2,1H3. The van der Waals surface area contributed by atoms with E-state index in [2.05, 4.69) is 9.71 Å². The third-order valence-corrected chi connectivity index (χ3v) is 6.73. The fourth-order valence-corrected chi connectivity index (χ4v) is 5.05. The van der Waals surface area contributed by atoms with Gasteiger partial charge in [0.05, 0.1) is 11.4 Å². The minimum absolute atomic E-state index is 0.0425. The maximum atomic E-state index is 12.3. The molecule has 2 heterocycles. The van der Waals surface area contributed by atoms with Gasteiger partial charge in [-0.1, -0.05) is 13.0 Å². The third-order valence-electron chi connectivity index (χ3n) is 4.10. The van der Waals surface area contributed by atoms with E-state index in [9.17, 15) is 13.2 Å². The van der Waals surface area contributed by atoms with Crippen LogP contribution in [-0.4, -0.2) is 54.8 Å². The first kappa shape index (κ1) is 20.2. The van der Waals surface area contributed by atoms with Crippen LogP contribution in [0.1, 0.15) is 38.3 Å². The van der Waals surface area contributed by atoms with Crippen molar-refractivity contribution in [2.75, 3.05) is 24.6 Å². The van der Waals surface area contributed by atoms with Crippen LogP contribution in [0.15, 0.2) is 24.4 Å². The van der Waals surface area contributed by atoms with Crippen LogP contribution in [0, 0.1) is 0 Å². The molecule has 1 aromatic heterocycles. The van der Waals surface area contributed by atoms with E-state index >= 15 is 0 Å². The van der Waals surface area contributed by atoms with Crippen LogP contribution in [0.4, 0.5) is 0 Å². The summed E-state index contributed by atoms with van der Waals surface area (Å²) in [5, 5.41) is 0. The minimum atomic E-state index is -3.18. The molecule has 0 radical (unpaired) electrons. The van der Waals surface area contributed by atoms with Crippen LogP contribution in [0.5, 0.6) is 0 Å². The van der Waals surface area contributed by atoms with Crippen LogP contribution >= 0.6 is 11.8 Å². The zero-order valence-electron chi connectivity index (χ0n) is 14.7. The highest BCUT2D eigenvalue weighted by Gasteiger charge is 2.25. The highest BCUT2D eigenvalue weighted by molar-refractivity contribution is 7.98. The van der Waals surface area contributed by atoms with Crippen molar-refractivity contribution in [2.45, 2.75) is 44.4 Å². The maximum absolute atomic E-state index is 12.3. The molecule has 1 saturated heterocycles. The molecule has 0 saturated carbocycles. The zero-order valence-corrected chi connectivity index (χ0v) is 16.3. The lowest BCUT2D eigenvalue weighted by Gasteiger charge is -2.32. The lowest BCUT2D eigenvalue weighted by Crippen LogP contribution is -2.47. The van der Waals surface area contributed by atoms with Gasteiger partial charge in [-0.25, -0.2) is 13.1 Å². The van der Waals surface area contributed by atoms with Crippen LogP contribution in [0.25, 0.3) is 0 Å². The molecule has 0 aliphatic carbocycles. The molecule has 8 heteroatoms. The number of rotatable bonds is 9. The fraction of sp³-hybridized carbons (Fsp3) is 0.647. The highest BCUT2D eigenvalue weighted by Crippen LogP contribution is 2.15. The Balaban J connectivity index is 1.64. The number of piperidine rings is 1. The van der Waals surface area contributed by atoms with E-state index in [1.165, 1.54) is 0 Å². The van der Waals surface area contributed by atoms with Gasteiger partial charge < -0.3 is 4.90 Å². The molecule has 1 aliphatic rings. The molecule has 0 unspecified atom stereocenters.